The van der Waals surface area contributed by atoms with Crippen LogP contribution in [0.25, 0.3) is 5.57 Å². The molecule has 2 amide bonds. The molecule has 186 valence electrons. The number of hydrogen-bond acceptors (Lipinski definition) is 9. The van der Waals surface area contributed by atoms with Crippen LogP contribution in [0.2, 0.25) is 5.02 Å². The SMILES string of the molecule is COCCN1CCOc2cc(ccc2Cl)N/C=C2\C(=O)Nc3ncnc(c32)NCCN(C)C(=O)C1. The number of fused-ring (bicyclic) bond motifs is 2. The number of nitrogens with one attached hydrogen (secondary N) is 3. The van der Waals surface area contributed by atoms with Gasteiger partial charge in [-0.05, 0) is 12.1 Å². The summed E-state index contributed by atoms with van der Waals surface area (Å²) < 4.78 is 11.1. The number of benzene rings is 1. The zero-order valence-corrected chi connectivity index (χ0v) is 20.4. The van der Waals surface area contributed by atoms with Gasteiger partial charge in [0.2, 0.25) is 5.91 Å². The van der Waals surface area contributed by atoms with E-state index in [1.807, 2.05) is 4.90 Å². The van der Waals surface area contributed by atoms with Crippen molar-refractivity contribution in [2.75, 3.05) is 76.0 Å². The van der Waals surface area contributed by atoms with Crippen molar-refractivity contribution >= 4 is 46.3 Å². The second-order valence-electron chi connectivity index (χ2n) is 8.11. The van der Waals surface area contributed by atoms with E-state index < -0.39 is 0 Å². The minimum atomic E-state index is -0.292. The van der Waals surface area contributed by atoms with Gasteiger partial charge in [0.05, 0.1) is 29.3 Å². The topological polar surface area (TPSA) is 121 Å². The standard InChI is InChI=1S/C23H28ClN7O4/c1-30-6-5-25-21-20-16(23(33)29-22(20)28-14-27-21)12-26-15-3-4-17(24)18(11-15)35-10-8-31(7-9-34-2)13-19(30)32/h3-4,11-12,14,26H,5-10,13H2,1-2H3,(H2,25,27,28,29,33)/b16-12-. The van der Waals surface area contributed by atoms with Gasteiger partial charge in [-0.25, -0.2) is 9.97 Å². The number of aromatic nitrogens is 2. The molecule has 1 aromatic heterocycles. The number of amides is 2. The van der Waals surface area contributed by atoms with Crippen molar-refractivity contribution < 1.29 is 19.1 Å². The molecule has 0 saturated heterocycles. The number of halogens is 1. The van der Waals surface area contributed by atoms with Crippen molar-refractivity contribution in [1.29, 1.82) is 0 Å². The fourth-order valence-electron chi connectivity index (χ4n) is 3.71. The van der Waals surface area contributed by atoms with E-state index in [0.717, 1.165) is 0 Å². The lowest BCUT2D eigenvalue weighted by Gasteiger charge is -2.25. The fraction of sp³-hybridized carbons (Fsp3) is 0.391. The van der Waals surface area contributed by atoms with E-state index in [0.29, 0.717) is 78.6 Å². The van der Waals surface area contributed by atoms with E-state index in [-0.39, 0.29) is 18.4 Å². The van der Waals surface area contributed by atoms with Crippen molar-refractivity contribution in [2.45, 2.75) is 0 Å². The zero-order valence-electron chi connectivity index (χ0n) is 19.6. The first-order valence-corrected chi connectivity index (χ1v) is 11.6. The predicted octanol–water partition coefficient (Wildman–Crippen LogP) is 1.75. The van der Waals surface area contributed by atoms with E-state index in [9.17, 15) is 9.59 Å². The largest absolute Gasteiger partial charge is 0.491 e. The Kier molecular flexibility index (Phi) is 8.01. The maximum Gasteiger partial charge on any atom is 0.259 e. The molecule has 4 rings (SSSR count). The monoisotopic (exact) mass is 501 g/mol. The summed E-state index contributed by atoms with van der Waals surface area (Å²) in [4.78, 5) is 37.6. The van der Waals surface area contributed by atoms with Crippen LogP contribution in [0.3, 0.4) is 0 Å². The summed E-state index contributed by atoms with van der Waals surface area (Å²) in [6.07, 6.45) is 2.99. The number of methoxy groups -OCH3 is 1. The van der Waals surface area contributed by atoms with Crippen molar-refractivity contribution in [1.82, 2.24) is 19.8 Å². The first kappa shape index (κ1) is 24.7. The summed E-state index contributed by atoms with van der Waals surface area (Å²) in [5.74, 6) is 1.10. The molecular formula is C23H28ClN7O4. The molecule has 0 aliphatic carbocycles. The summed E-state index contributed by atoms with van der Waals surface area (Å²) in [5, 5.41) is 9.59. The number of ether oxygens (including phenoxy) is 2. The molecule has 3 N–H and O–H groups in total. The van der Waals surface area contributed by atoms with Gasteiger partial charge in [0.15, 0.2) is 0 Å². The molecule has 0 atom stereocenters. The number of hydrogen-bond donors (Lipinski definition) is 3. The fourth-order valence-corrected chi connectivity index (χ4v) is 3.88. The number of carbonyl (C=O) groups excluding carboxylic acids is 2. The molecular weight excluding hydrogens is 474 g/mol. The Morgan fingerprint density at radius 1 is 1.20 bits per heavy atom. The average Bonchev–Trinajstić information content (AvgIpc) is 3.17. The Balaban J connectivity index is 1.64. The lowest BCUT2D eigenvalue weighted by molar-refractivity contribution is -0.131. The van der Waals surface area contributed by atoms with Crippen LogP contribution in [0, 0.1) is 0 Å². The maximum absolute atomic E-state index is 12.8. The van der Waals surface area contributed by atoms with Gasteiger partial charge in [0, 0.05) is 58.3 Å². The van der Waals surface area contributed by atoms with Gasteiger partial charge in [0.1, 0.15) is 30.3 Å². The van der Waals surface area contributed by atoms with E-state index in [4.69, 9.17) is 21.1 Å². The first-order valence-electron chi connectivity index (χ1n) is 11.2. The first-order chi connectivity index (χ1) is 17.0. The maximum atomic E-state index is 12.8. The van der Waals surface area contributed by atoms with E-state index >= 15 is 0 Å². The summed E-state index contributed by atoms with van der Waals surface area (Å²) in [7, 11) is 3.38. The molecule has 0 saturated carbocycles. The van der Waals surface area contributed by atoms with Gasteiger partial charge in [0.25, 0.3) is 5.91 Å². The van der Waals surface area contributed by atoms with E-state index in [2.05, 4.69) is 25.9 Å². The van der Waals surface area contributed by atoms with Crippen LogP contribution in [0.4, 0.5) is 17.3 Å². The van der Waals surface area contributed by atoms with Gasteiger partial charge in [-0.2, -0.15) is 0 Å². The molecule has 35 heavy (non-hydrogen) atoms. The van der Waals surface area contributed by atoms with Crippen molar-refractivity contribution in [3.05, 3.63) is 41.3 Å². The Morgan fingerprint density at radius 3 is 2.86 bits per heavy atom. The third-order valence-corrected chi connectivity index (χ3v) is 6.02. The molecule has 2 bridgehead atoms. The summed E-state index contributed by atoms with van der Waals surface area (Å²) in [6, 6.07) is 5.27. The van der Waals surface area contributed by atoms with Crippen LogP contribution in [-0.4, -0.2) is 91.7 Å². The van der Waals surface area contributed by atoms with Crippen molar-refractivity contribution in [3.8, 4) is 5.75 Å². The highest BCUT2D eigenvalue weighted by molar-refractivity contribution is 6.33. The third-order valence-electron chi connectivity index (χ3n) is 5.71. The Hall–Kier alpha value is -3.41. The third kappa shape index (κ3) is 5.99. The number of rotatable bonds is 3. The summed E-state index contributed by atoms with van der Waals surface area (Å²) >= 11 is 6.33. The Labute approximate surface area is 208 Å². The molecule has 2 aromatic rings. The van der Waals surface area contributed by atoms with Gasteiger partial charge in [-0.3, -0.25) is 14.5 Å². The van der Waals surface area contributed by atoms with Crippen LogP contribution in [0.15, 0.2) is 30.7 Å². The predicted molar refractivity (Wildman–Crippen MR) is 134 cm³/mol. The smallest absolute Gasteiger partial charge is 0.259 e. The van der Waals surface area contributed by atoms with E-state index in [1.54, 1.807) is 43.5 Å². The molecule has 12 heteroatoms. The van der Waals surface area contributed by atoms with Crippen LogP contribution in [-0.2, 0) is 14.3 Å². The zero-order chi connectivity index (χ0) is 24.8. The van der Waals surface area contributed by atoms with Crippen molar-refractivity contribution in [2.24, 2.45) is 0 Å². The molecule has 3 heterocycles. The van der Waals surface area contributed by atoms with E-state index in [1.165, 1.54) is 6.33 Å². The molecule has 0 radical (unpaired) electrons. The highest BCUT2D eigenvalue weighted by Gasteiger charge is 2.29. The minimum absolute atomic E-state index is 0.0291. The number of nitrogens with zero attached hydrogens (tertiary/aromatic N) is 4. The van der Waals surface area contributed by atoms with Crippen LogP contribution >= 0.6 is 11.6 Å². The second kappa shape index (κ2) is 11.3. The van der Waals surface area contributed by atoms with Crippen LogP contribution in [0.1, 0.15) is 5.56 Å². The van der Waals surface area contributed by atoms with Gasteiger partial charge < -0.3 is 30.3 Å². The van der Waals surface area contributed by atoms with Crippen LogP contribution < -0.4 is 20.7 Å². The quantitative estimate of drug-likeness (QED) is 0.577. The molecule has 2 aliphatic rings. The lowest BCUT2D eigenvalue weighted by Crippen LogP contribution is -2.42. The average molecular weight is 502 g/mol. The molecule has 0 fully saturated rings. The van der Waals surface area contributed by atoms with Gasteiger partial charge in [-0.15, -0.1) is 0 Å². The molecule has 0 spiro atoms. The number of likely N-dealkylation sites (N-methyl/N-ethyl adjacent to an activating group) is 1. The summed E-state index contributed by atoms with van der Waals surface area (Å²) in [5.41, 5.74) is 1.65. The van der Waals surface area contributed by atoms with Gasteiger partial charge >= 0.3 is 0 Å². The van der Waals surface area contributed by atoms with Gasteiger partial charge in [-0.1, -0.05) is 11.6 Å². The second-order valence-corrected chi connectivity index (χ2v) is 8.51. The number of anilines is 3. The highest BCUT2D eigenvalue weighted by atomic mass is 35.5. The molecule has 11 nitrogen and oxygen atoms in total. The normalized spacial score (nSPS) is 18.7. The molecule has 1 aromatic carbocycles. The minimum Gasteiger partial charge on any atom is -0.491 e. The summed E-state index contributed by atoms with van der Waals surface area (Å²) in [6.45, 7) is 3.07. The van der Waals surface area contributed by atoms with Crippen LogP contribution in [0.5, 0.6) is 5.75 Å². The number of carbonyl (C=O) groups is 2. The molecule has 0 unspecified atom stereocenters. The Bertz CT molecular complexity index is 1130. The highest BCUT2D eigenvalue weighted by Crippen LogP contribution is 2.35. The Morgan fingerprint density at radius 2 is 2.03 bits per heavy atom. The van der Waals surface area contributed by atoms with Crippen molar-refractivity contribution in [3.63, 3.8) is 0 Å². The lowest BCUT2D eigenvalue weighted by atomic mass is 10.1. The molecule has 2 aliphatic heterocycles.